The van der Waals surface area contributed by atoms with Crippen LogP contribution in [0.4, 0.5) is 0 Å². The zero-order chi connectivity index (χ0) is 20.1. The standard InChI is InChI=1S/C21H30N2O5/c1-26-12-11-23-18-5-4-9-21(18,10-8-19(23)24)14-22-20(25)16-7-6-15(27-2)13-17(16)28-3/h6-7,13,18H,4-5,8-12,14H2,1-3H3,(H,22,25)/t18-,21+/m1/s1. The lowest BCUT2D eigenvalue weighted by atomic mass is 9.74. The summed E-state index contributed by atoms with van der Waals surface area (Å²) in [7, 11) is 4.77. The highest BCUT2D eigenvalue weighted by molar-refractivity contribution is 5.97. The van der Waals surface area contributed by atoms with Gasteiger partial charge in [0.25, 0.3) is 5.91 Å². The van der Waals surface area contributed by atoms with Gasteiger partial charge in [-0.1, -0.05) is 6.42 Å². The van der Waals surface area contributed by atoms with Crippen molar-refractivity contribution in [2.24, 2.45) is 5.41 Å². The van der Waals surface area contributed by atoms with Crippen molar-refractivity contribution < 1.29 is 23.8 Å². The number of hydrogen-bond acceptors (Lipinski definition) is 5. The zero-order valence-corrected chi connectivity index (χ0v) is 17.0. The van der Waals surface area contributed by atoms with Crippen LogP contribution in [0.2, 0.25) is 0 Å². The molecule has 2 aliphatic rings. The maximum absolute atomic E-state index is 12.8. The van der Waals surface area contributed by atoms with E-state index in [2.05, 4.69) is 5.32 Å². The molecular weight excluding hydrogens is 360 g/mol. The van der Waals surface area contributed by atoms with Gasteiger partial charge in [-0.25, -0.2) is 0 Å². The quantitative estimate of drug-likeness (QED) is 0.737. The van der Waals surface area contributed by atoms with Gasteiger partial charge in [0.1, 0.15) is 11.5 Å². The topological polar surface area (TPSA) is 77.1 Å². The third kappa shape index (κ3) is 3.94. The molecule has 7 heteroatoms. The Morgan fingerprint density at radius 3 is 2.79 bits per heavy atom. The second kappa shape index (κ2) is 8.82. The number of methoxy groups -OCH3 is 3. The van der Waals surface area contributed by atoms with E-state index in [-0.39, 0.29) is 23.3 Å². The molecule has 2 atom stereocenters. The Morgan fingerprint density at radius 2 is 2.07 bits per heavy atom. The van der Waals surface area contributed by atoms with Gasteiger partial charge < -0.3 is 24.4 Å². The number of nitrogens with zero attached hydrogens (tertiary/aromatic N) is 1. The fourth-order valence-corrected chi connectivity index (χ4v) is 4.67. The van der Waals surface area contributed by atoms with Crippen molar-refractivity contribution in [1.29, 1.82) is 0 Å². The Bertz CT molecular complexity index is 723. The second-order valence-electron chi connectivity index (χ2n) is 7.60. The molecule has 154 valence electrons. The molecule has 1 aliphatic heterocycles. The van der Waals surface area contributed by atoms with E-state index in [0.29, 0.717) is 43.2 Å². The molecule has 1 saturated heterocycles. The molecule has 28 heavy (non-hydrogen) atoms. The van der Waals surface area contributed by atoms with Crippen molar-refractivity contribution in [1.82, 2.24) is 10.2 Å². The third-order valence-corrected chi connectivity index (χ3v) is 6.18. The van der Waals surface area contributed by atoms with Crippen molar-refractivity contribution in [3.05, 3.63) is 23.8 Å². The molecule has 0 radical (unpaired) electrons. The highest BCUT2D eigenvalue weighted by atomic mass is 16.5. The van der Waals surface area contributed by atoms with Crippen LogP contribution < -0.4 is 14.8 Å². The van der Waals surface area contributed by atoms with Crippen molar-refractivity contribution in [3.8, 4) is 11.5 Å². The number of nitrogens with one attached hydrogen (secondary N) is 1. The Labute approximate surface area is 166 Å². The van der Waals surface area contributed by atoms with Crippen LogP contribution >= 0.6 is 0 Å². The summed E-state index contributed by atoms with van der Waals surface area (Å²) in [4.78, 5) is 27.3. The van der Waals surface area contributed by atoms with Crippen molar-refractivity contribution in [2.75, 3.05) is 41.0 Å². The molecule has 7 nitrogen and oxygen atoms in total. The number of carbonyl (C=O) groups is 2. The number of amides is 2. The first-order valence-electron chi connectivity index (χ1n) is 9.83. The number of carbonyl (C=O) groups excluding carboxylic acids is 2. The highest BCUT2D eigenvalue weighted by Crippen LogP contribution is 2.47. The van der Waals surface area contributed by atoms with E-state index >= 15 is 0 Å². The van der Waals surface area contributed by atoms with E-state index in [1.54, 1.807) is 32.4 Å². The van der Waals surface area contributed by atoms with Crippen LogP contribution in [-0.4, -0.2) is 63.8 Å². The Kier molecular flexibility index (Phi) is 6.44. The van der Waals surface area contributed by atoms with Crippen LogP contribution in [0, 0.1) is 5.41 Å². The first-order valence-corrected chi connectivity index (χ1v) is 9.83. The largest absolute Gasteiger partial charge is 0.497 e. The minimum absolute atomic E-state index is 0.0585. The van der Waals surface area contributed by atoms with Gasteiger partial charge in [-0.2, -0.15) is 0 Å². The molecule has 0 bridgehead atoms. The first-order chi connectivity index (χ1) is 13.5. The third-order valence-electron chi connectivity index (χ3n) is 6.18. The van der Waals surface area contributed by atoms with E-state index in [1.807, 2.05) is 4.90 Å². The van der Waals surface area contributed by atoms with Gasteiger partial charge in [0.2, 0.25) is 5.91 Å². The number of rotatable bonds is 8. The van der Waals surface area contributed by atoms with Gasteiger partial charge in [0.15, 0.2) is 0 Å². The monoisotopic (exact) mass is 390 g/mol. The molecule has 0 unspecified atom stereocenters. The summed E-state index contributed by atoms with van der Waals surface area (Å²) in [5.41, 5.74) is 0.425. The average Bonchev–Trinajstić information content (AvgIpc) is 3.15. The summed E-state index contributed by atoms with van der Waals surface area (Å²) >= 11 is 0. The number of hydrogen-bond donors (Lipinski definition) is 1. The molecular formula is C21H30N2O5. The Morgan fingerprint density at radius 1 is 1.25 bits per heavy atom. The van der Waals surface area contributed by atoms with Crippen molar-refractivity contribution >= 4 is 11.8 Å². The van der Waals surface area contributed by atoms with Gasteiger partial charge >= 0.3 is 0 Å². The molecule has 1 aliphatic carbocycles. The van der Waals surface area contributed by atoms with Crippen LogP contribution in [0.25, 0.3) is 0 Å². The molecule has 1 aromatic carbocycles. The van der Waals surface area contributed by atoms with Gasteiger partial charge in [-0.3, -0.25) is 9.59 Å². The summed E-state index contributed by atoms with van der Waals surface area (Å²) < 4.78 is 15.7. The maximum Gasteiger partial charge on any atom is 0.255 e. The summed E-state index contributed by atoms with van der Waals surface area (Å²) in [5, 5.41) is 3.11. The predicted molar refractivity (Wildman–Crippen MR) is 105 cm³/mol. The number of ether oxygens (including phenoxy) is 3. The summed E-state index contributed by atoms with van der Waals surface area (Å²) in [5.74, 6) is 1.16. The highest BCUT2D eigenvalue weighted by Gasteiger charge is 2.50. The number of benzene rings is 1. The van der Waals surface area contributed by atoms with Crippen LogP contribution in [-0.2, 0) is 9.53 Å². The fraction of sp³-hybridized carbons (Fsp3) is 0.619. The Hall–Kier alpha value is -2.28. The fourth-order valence-electron chi connectivity index (χ4n) is 4.67. The summed E-state index contributed by atoms with van der Waals surface area (Å²) in [6, 6.07) is 5.34. The zero-order valence-electron chi connectivity index (χ0n) is 17.0. The van der Waals surface area contributed by atoms with Crippen molar-refractivity contribution in [2.45, 2.75) is 38.1 Å². The van der Waals surface area contributed by atoms with Gasteiger partial charge in [-0.15, -0.1) is 0 Å². The van der Waals surface area contributed by atoms with Crippen molar-refractivity contribution in [3.63, 3.8) is 0 Å². The number of fused-ring (bicyclic) bond motifs is 1. The predicted octanol–water partition coefficient (Wildman–Crippen LogP) is 2.24. The molecule has 3 rings (SSSR count). The lowest BCUT2D eigenvalue weighted by Gasteiger charge is -2.46. The van der Waals surface area contributed by atoms with Gasteiger partial charge in [0, 0.05) is 44.1 Å². The Balaban J connectivity index is 1.72. The number of likely N-dealkylation sites (tertiary alicyclic amines) is 1. The molecule has 1 saturated carbocycles. The minimum Gasteiger partial charge on any atom is -0.497 e. The molecule has 0 aromatic heterocycles. The normalized spacial score (nSPS) is 24.0. The lowest BCUT2D eigenvalue weighted by molar-refractivity contribution is -0.142. The number of piperidine rings is 1. The molecule has 1 heterocycles. The first kappa shape index (κ1) is 20.5. The average molecular weight is 390 g/mol. The van der Waals surface area contributed by atoms with Crippen LogP contribution in [0.3, 0.4) is 0 Å². The van der Waals surface area contributed by atoms with Crippen LogP contribution in [0.15, 0.2) is 18.2 Å². The molecule has 1 N–H and O–H groups in total. The van der Waals surface area contributed by atoms with Crippen LogP contribution in [0.5, 0.6) is 11.5 Å². The summed E-state index contributed by atoms with van der Waals surface area (Å²) in [6.07, 6.45) is 4.43. The maximum atomic E-state index is 12.8. The van der Waals surface area contributed by atoms with E-state index in [1.165, 1.54) is 7.11 Å². The van der Waals surface area contributed by atoms with E-state index in [4.69, 9.17) is 14.2 Å². The van der Waals surface area contributed by atoms with Gasteiger partial charge in [0.05, 0.1) is 26.4 Å². The summed E-state index contributed by atoms with van der Waals surface area (Å²) in [6.45, 7) is 1.71. The molecule has 2 fully saturated rings. The molecule has 0 spiro atoms. The molecule has 1 aromatic rings. The minimum atomic E-state index is -0.167. The van der Waals surface area contributed by atoms with E-state index in [0.717, 1.165) is 25.7 Å². The SMILES string of the molecule is COCCN1C(=O)CC[C@]2(CNC(=O)c3ccc(OC)cc3OC)CCC[C@@H]12. The lowest BCUT2D eigenvalue weighted by Crippen LogP contribution is -2.56. The molecule has 2 amide bonds. The van der Waals surface area contributed by atoms with Crippen LogP contribution in [0.1, 0.15) is 42.5 Å². The smallest absolute Gasteiger partial charge is 0.255 e. The van der Waals surface area contributed by atoms with E-state index < -0.39 is 0 Å². The second-order valence-corrected chi connectivity index (χ2v) is 7.60. The van der Waals surface area contributed by atoms with Gasteiger partial charge in [-0.05, 0) is 31.4 Å². The van der Waals surface area contributed by atoms with E-state index in [9.17, 15) is 9.59 Å².